The van der Waals surface area contributed by atoms with Crippen molar-refractivity contribution in [1.82, 2.24) is 9.88 Å². The molecule has 1 fully saturated rings. The summed E-state index contributed by atoms with van der Waals surface area (Å²) in [6.45, 7) is 7.79. The van der Waals surface area contributed by atoms with Crippen LogP contribution in [0.2, 0.25) is 5.02 Å². The van der Waals surface area contributed by atoms with Crippen LogP contribution in [0.25, 0.3) is 11.3 Å². The van der Waals surface area contributed by atoms with E-state index in [1.807, 2.05) is 4.90 Å². The molecular formula is C26H29ClFN3OS2. The zero-order chi connectivity index (χ0) is 24.1. The highest BCUT2D eigenvalue weighted by Crippen LogP contribution is 2.34. The number of aromatic nitrogens is 1. The second-order valence-corrected chi connectivity index (χ2v) is 10.6. The van der Waals surface area contributed by atoms with Crippen LogP contribution in [-0.2, 0) is 4.79 Å². The molecule has 2 aromatic carbocycles. The minimum absolute atomic E-state index is 0.0944. The molecule has 1 aliphatic rings. The van der Waals surface area contributed by atoms with E-state index in [0.29, 0.717) is 16.7 Å². The average Bonchev–Trinajstić information content (AvgIpc) is 3.35. The lowest BCUT2D eigenvalue weighted by Gasteiger charge is -2.31. The smallest absolute Gasteiger partial charge is 0.232 e. The summed E-state index contributed by atoms with van der Waals surface area (Å²) in [6, 6.07) is 12.9. The first-order valence-electron chi connectivity index (χ1n) is 11.6. The first-order valence-corrected chi connectivity index (χ1v) is 13.9. The number of thiazole rings is 1. The average molecular weight is 518 g/mol. The van der Waals surface area contributed by atoms with Gasteiger partial charge in [0.1, 0.15) is 5.82 Å². The molecule has 0 aliphatic carbocycles. The molecule has 0 radical (unpaired) electrons. The number of amides is 1. The van der Waals surface area contributed by atoms with Crippen molar-refractivity contribution in [1.29, 1.82) is 0 Å². The summed E-state index contributed by atoms with van der Waals surface area (Å²) >= 11 is 9.15. The third-order valence-electron chi connectivity index (χ3n) is 6.26. The third kappa shape index (κ3) is 5.93. The predicted molar refractivity (Wildman–Crippen MR) is 142 cm³/mol. The summed E-state index contributed by atoms with van der Waals surface area (Å²) < 4.78 is 13.2. The minimum atomic E-state index is -0.371. The van der Waals surface area contributed by atoms with Gasteiger partial charge in [-0.2, -0.15) is 0 Å². The van der Waals surface area contributed by atoms with Crippen LogP contribution in [0.1, 0.15) is 37.6 Å². The van der Waals surface area contributed by atoms with Crippen molar-refractivity contribution in [2.45, 2.75) is 37.5 Å². The second-order valence-electron chi connectivity index (χ2n) is 8.31. The summed E-state index contributed by atoms with van der Waals surface area (Å²) in [7, 11) is 0. The molecule has 1 saturated heterocycles. The number of hydrogen-bond donors (Lipinski definition) is 0. The van der Waals surface area contributed by atoms with E-state index in [0.717, 1.165) is 60.2 Å². The monoisotopic (exact) mass is 517 g/mol. The number of likely N-dealkylation sites (tertiary alicyclic amines) is 1. The first kappa shape index (κ1) is 25.0. The lowest BCUT2D eigenvalue weighted by Crippen LogP contribution is -2.38. The summed E-state index contributed by atoms with van der Waals surface area (Å²) in [4.78, 5) is 22.6. The van der Waals surface area contributed by atoms with Gasteiger partial charge in [0.05, 0.1) is 21.5 Å². The fourth-order valence-corrected chi connectivity index (χ4v) is 6.39. The Bertz CT molecular complexity index is 1110. The molecule has 1 aromatic heterocycles. The molecule has 0 atom stereocenters. The Morgan fingerprint density at radius 1 is 1.18 bits per heavy atom. The molecule has 0 spiro atoms. The van der Waals surface area contributed by atoms with Crippen molar-refractivity contribution in [2.75, 3.05) is 36.8 Å². The first-order chi connectivity index (χ1) is 16.5. The van der Waals surface area contributed by atoms with Crippen molar-refractivity contribution in [2.24, 2.45) is 0 Å². The van der Waals surface area contributed by atoms with Gasteiger partial charge in [-0.15, -0.1) is 23.1 Å². The highest BCUT2D eigenvalue weighted by Gasteiger charge is 2.26. The van der Waals surface area contributed by atoms with E-state index in [-0.39, 0.29) is 11.7 Å². The molecule has 0 saturated carbocycles. The van der Waals surface area contributed by atoms with E-state index < -0.39 is 0 Å². The number of halogens is 2. The van der Waals surface area contributed by atoms with E-state index >= 15 is 0 Å². The number of anilines is 1. The van der Waals surface area contributed by atoms with E-state index in [2.05, 4.69) is 48.4 Å². The third-order valence-corrected chi connectivity index (χ3v) is 8.75. The lowest BCUT2D eigenvalue weighted by atomic mass is 9.97. The summed E-state index contributed by atoms with van der Waals surface area (Å²) in [5.41, 5.74) is 3.40. The molecule has 4 nitrogen and oxygen atoms in total. The molecule has 0 bridgehead atoms. The summed E-state index contributed by atoms with van der Waals surface area (Å²) in [5, 5.41) is 3.64. The van der Waals surface area contributed by atoms with Crippen molar-refractivity contribution in [3.63, 3.8) is 0 Å². The molecule has 4 rings (SSSR count). The molecule has 34 heavy (non-hydrogen) atoms. The number of carbonyl (C=O) groups excluding carboxylic acids is 1. The number of benzene rings is 2. The maximum absolute atomic E-state index is 13.2. The highest BCUT2D eigenvalue weighted by atomic mass is 35.5. The minimum Gasteiger partial charge on any atom is -0.372 e. The topological polar surface area (TPSA) is 36.4 Å². The van der Waals surface area contributed by atoms with Crippen molar-refractivity contribution in [3.8, 4) is 11.3 Å². The summed E-state index contributed by atoms with van der Waals surface area (Å²) in [6.07, 6.45) is 1.84. The standard InChI is InChI=1S/C26H29ClFN3OS2/c1-3-30(4-2)21-8-5-18(6-9-21)23-16-34-26(29-23)19-11-13-31(14-12-19)25(32)17-33-24-10-7-20(28)15-22(24)27/h5-10,15-16,19H,3-4,11-14,17H2,1-2H3. The van der Waals surface area contributed by atoms with E-state index in [1.54, 1.807) is 17.4 Å². The van der Waals surface area contributed by atoms with Gasteiger partial charge in [0, 0.05) is 53.6 Å². The Kier molecular flexibility index (Phi) is 8.51. The Morgan fingerprint density at radius 3 is 2.53 bits per heavy atom. The van der Waals surface area contributed by atoms with Gasteiger partial charge in [-0.25, -0.2) is 9.37 Å². The molecule has 1 aliphatic heterocycles. The SMILES string of the molecule is CCN(CC)c1ccc(-c2csc(C3CCN(C(=O)CSc4ccc(F)cc4Cl)CC3)n2)cc1. The van der Waals surface area contributed by atoms with Gasteiger partial charge in [-0.1, -0.05) is 23.7 Å². The zero-order valence-electron chi connectivity index (χ0n) is 19.5. The lowest BCUT2D eigenvalue weighted by molar-refractivity contribution is -0.129. The number of piperidine rings is 1. The fraction of sp³-hybridized carbons (Fsp3) is 0.385. The van der Waals surface area contributed by atoms with Crippen molar-refractivity contribution >= 4 is 46.3 Å². The molecule has 2 heterocycles. The fourth-order valence-electron chi connectivity index (χ4n) is 4.24. The number of hydrogen-bond acceptors (Lipinski definition) is 5. The van der Waals surface area contributed by atoms with Gasteiger partial charge >= 0.3 is 0 Å². The van der Waals surface area contributed by atoms with Gasteiger partial charge in [0.2, 0.25) is 5.91 Å². The number of rotatable bonds is 8. The Labute approximate surface area is 214 Å². The van der Waals surface area contributed by atoms with Gasteiger partial charge in [-0.05, 0) is 57.0 Å². The zero-order valence-corrected chi connectivity index (χ0v) is 21.9. The molecule has 3 aromatic rings. The summed E-state index contributed by atoms with van der Waals surface area (Å²) in [5.74, 6) is 0.416. The van der Waals surface area contributed by atoms with Gasteiger partial charge in [-0.3, -0.25) is 4.79 Å². The van der Waals surface area contributed by atoms with Gasteiger partial charge in [0.15, 0.2) is 0 Å². The van der Waals surface area contributed by atoms with Crippen LogP contribution in [0.3, 0.4) is 0 Å². The van der Waals surface area contributed by atoms with Crippen LogP contribution in [0.5, 0.6) is 0 Å². The van der Waals surface area contributed by atoms with Gasteiger partial charge < -0.3 is 9.80 Å². The molecule has 8 heteroatoms. The van der Waals surface area contributed by atoms with Crippen LogP contribution in [0.15, 0.2) is 52.7 Å². The van der Waals surface area contributed by atoms with E-state index in [4.69, 9.17) is 16.6 Å². The number of carbonyl (C=O) groups is 1. The number of nitrogens with zero attached hydrogens (tertiary/aromatic N) is 3. The highest BCUT2D eigenvalue weighted by molar-refractivity contribution is 8.00. The molecule has 0 N–H and O–H groups in total. The van der Waals surface area contributed by atoms with Crippen LogP contribution in [0, 0.1) is 5.82 Å². The van der Waals surface area contributed by atoms with Gasteiger partial charge in [0.25, 0.3) is 0 Å². The van der Waals surface area contributed by atoms with Crippen LogP contribution in [0.4, 0.5) is 10.1 Å². The van der Waals surface area contributed by atoms with Crippen LogP contribution in [-0.4, -0.2) is 47.7 Å². The normalized spacial score (nSPS) is 14.4. The quantitative estimate of drug-likeness (QED) is 0.303. The maximum atomic E-state index is 13.2. The predicted octanol–water partition coefficient (Wildman–Crippen LogP) is 6.95. The van der Waals surface area contributed by atoms with Crippen molar-refractivity contribution < 1.29 is 9.18 Å². The van der Waals surface area contributed by atoms with Crippen molar-refractivity contribution in [3.05, 3.63) is 63.7 Å². The Morgan fingerprint density at radius 2 is 1.88 bits per heavy atom. The molecular weight excluding hydrogens is 489 g/mol. The Balaban J connectivity index is 1.30. The molecule has 1 amide bonds. The number of thioether (sulfide) groups is 1. The largest absolute Gasteiger partial charge is 0.372 e. The van der Waals surface area contributed by atoms with Crippen LogP contribution < -0.4 is 4.90 Å². The maximum Gasteiger partial charge on any atom is 0.232 e. The van der Waals surface area contributed by atoms with E-state index in [1.165, 1.54) is 29.6 Å². The van der Waals surface area contributed by atoms with Crippen LogP contribution >= 0.6 is 34.7 Å². The molecule has 180 valence electrons. The van der Waals surface area contributed by atoms with E-state index in [9.17, 15) is 9.18 Å². The second kappa shape index (κ2) is 11.6. The molecule has 0 unspecified atom stereocenters. The Hall–Kier alpha value is -2.09.